The molecule has 4 fully saturated rings. The number of piperazine rings is 1. The van der Waals surface area contributed by atoms with Crippen molar-refractivity contribution in [1.82, 2.24) is 36.4 Å². The number of carbonyl (C=O) groups excluding carboxylic acids is 7. The van der Waals surface area contributed by atoms with Gasteiger partial charge in [0.2, 0.25) is 35.4 Å². The van der Waals surface area contributed by atoms with Crippen LogP contribution in [0, 0.1) is 0 Å². The molecular weight excluding hydrogens is 1000 g/mol. The molecule has 0 radical (unpaired) electrons. The minimum absolute atomic E-state index is 0.0113. The molecule has 7 unspecified atom stereocenters. The molecule has 0 saturated carbocycles. The Morgan fingerprint density at radius 3 is 1.88 bits per heavy atom. The van der Waals surface area contributed by atoms with Crippen LogP contribution in [-0.4, -0.2) is 167 Å². The highest BCUT2D eigenvalue weighted by Crippen LogP contribution is 2.26. The number of fused-ring (bicyclic) bond motifs is 2. The van der Waals surface area contributed by atoms with Crippen molar-refractivity contribution in [2.75, 3.05) is 62.2 Å². The van der Waals surface area contributed by atoms with Crippen LogP contribution in [-0.2, 0) is 35.4 Å². The second-order valence-corrected chi connectivity index (χ2v) is 21.1. The number of benzene rings is 3. The summed E-state index contributed by atoms with van der Waals surface area (Å²) < 4.78 is 5.99. The molecule has 0 bridgehead atoms. The van der Waals surface area contributed by atoms with Gasteiger partial charge in [0.15, 0.2) is 0 Å². The van der Waals surface area contributed by atoms with E-state index >= 15 is 0 Å². The Morgan fingerprint density at radius 2 is 1.27 bits per heavy atom. The molecule has 4 saturated heterocycles. The number of hydrogen-bond acceptors (Lipinski definition) is 14. The molecule has 0 spiro atoms. The van der Waals surface area contributed by atoms with Crippen molar-refractivity contribution in [2.24, 2.45) is 5.73 Å². The van der Waals surface area contributed by atoms with Gasteiger partial charge >= 0.3 is 0 Å². The highest BCUT2D eigenvalue weighted by atomic mass is 16.5. The van der Waals surface area contributed by atoms with E-state index in [1.165, 1.54) is 67.9 Å². The first-order valence-corrected chi connectivity index (χ1v) is 27.8. The lowest BCUT2D eigenvalue weighted by molar-refractivity contribution is -0.145. The standard InChI is InChI=1S/C57H80N10O11/c1-4-5-6-7-8-9-32-78-44-24-22-43(23-25-44)65-30-28-64(29-31-65)42-20-18-40(19-21-42)51(71)60-45-12-10-26-59-53(73)47-33-41(58)34-67(47)57(77)49(37(3)70)62-55(75)50(39-16-14-38(35-68)15-17-39)63-54(74)46-13-11-27-66(46)56(76)48(36(2)69)61-52(45)72/h14-25,36-37,41,45-50,68-70H,4-13,26-35,58H2,1-3H3,(H,59,73)(H,60,71)(H,61,72)(H,62,75)(H,63,74)/t36?,37?,41-,45-,46?,47?,48?,49?,50?/m0/s1. The maximum atomic E-state index is 14.4. The van der Waals surface area contributed by atoms with Gasteiger partial charge in [0.1, 0.15) is 42.0 Å². The van der Waals surface area contributed by atoms with Gasteiger partial charge in [-0.25, -0.2) is 0 Å². The molecule has 21 nitrogen and oxygen atoms in total. The van der Waals surface area contributed by atoms with Crippen LogP contribution in [0.25, 0.3) is 0 Å². The topological polar surface area (TPSA) is 289 Å². The zero-order chi connectivity index (χ0) is 55.9. The molecule has 3 aromatic rings. The molecule has 9 atom stereocenters. The van der Waals surface area contributed by atoms with E-state index in [4.69, 9.17) is 10.5 Å². The van der Waals surface area contributed by atoms with E-state index in [1.807, 2.05) is 24.3 Å². The number of aliphatic hydroxyl groups is 3. The van der Waals surface area contributed by atoms with E-state index in [2.05, 4.69) is 55.4 Å². The van der Waals surface area contributed by atoms with Crippen LogP contribution >= 0.6 is 0 Å². The van der Waals surface area contributed by atoms with Crippen molar-refractivity contribution < 1.29 is 53.6 Å². The maximum Gasteiger partial charge on any atom is 0.251 e. The number of nitrogens with two attached hydrogens (primary N) is 1. The molecule has 3 aromatic carbocycles. The van der Waals surface area contributed by atoms with E-state index in [0.717, 1.165) is 49.7 Å². The summed E-state index contributed by atoms with van der Waals surface area (Å²) in [4.78, 5) is 106. The molecule has 4 aliphatic heterocycles. The molecule has 21 heteroatoms. The average Bonchev–Trinajstić information content (AvgIpc) is 4.12. The number of ether oxygens (including phenoxy) is 1. The normalized spacial score (nSPS) is 24.9. The Bertz CT molecular complexity index is 2510. The lowest BCUT2D eigenvalue weighted by Gasteiger charge is -2.37. The summed E-state index contributed by atoms with van der Waals surface area (Å²) in [6.45, 7) is 8.31. The first kappa shape index (κ1) is 58.9. The lowest BCUT2D eigenvalue weighted by atomic mass is 10.0. The van der Waals surface area contributed by atoms with Gasteiger partial charge in [-0.15, -0.1) is 0 Å². The first-order valence-electron chi connectivity index (χ1n) is 27.8. The zero-order valence-corrected chi connectivity index (χ0v) is 45.2. The van der Waals surface area contributed by atoms with E-state index in [9.17, 15) is 48.9 Å². The van der Waals surface area contributed by atoms with Crippen LogP contribution in [0.4, 0.5) is 11.4 Å². The van der Waals surface area contributed by atoms with Crippen molar-refractivity contribution in [2.45, 2.75) is 153 Å². The fourth-order valence-corrected chi connectivity index (χ4v) is 10.7. The van der Waals surface area contributed by atoms with E-state index in [0.29, 0.717) is 18.6 Å². The average molecular weight is 1080 g/mol. The van der Waals surface area contributed by atoms with Crippen LogP contribution in [0.15, 0.2) is 72.8 Å². The summed E-state index contributed by atoms with van der Waals surface area (Å²) in [5, 5.41) is 45.2. The minimum atomic E-state index is -1.58. The molecule has 7 rings (SSSR count). The third kappa shape index (κ3) is 15.3. The number of nitrogens with one attached hydrogen (secondary N) is 5. The second-order valence-electron chi connectivity index (χ2n) is 21.1. The molecule has 0 aromatic heterocycles. The maximum absolute atomic E-state index is 14.4. The third-order valence-electron chi connectivity index (χ3n) is 15.2. The Morgan fingerprint density at radius 1 is 0.679 bits per heavy atom. The van der Waals surface area contributed by atoms with E-state index < -0.39 is 95.9 Å². The minimum Gasteiger partial charge on any atom is -0.494 e. The van der Waals surface area contributed by atoms with Crippen molar-refractivity contribution in [3.05, 3.63) is 89.5 Å². The highest BCUT2D eigenvalue weighted by molar-refractivity contribution is 6.00. The number of hydrogen-bond donors (Lipinski definition) is 9. The third-order valence-corrected chi connectivity index (χ3v) is 15.2. The fourth-order valence-electron chi connectivity index (χ4n) is 10.7. The van der Waals surface area contributed by atoms with Gasteiger partial charge in [0.05, 0.1) is 25.4 Å². The van der Waals surface area contributed by atoms with Crippen molar-refractivity contribution in [3.63, 3.8) is 0 Å². The van der Waals surface area contributed by atoms with Crippen molar-refractivity contribution in [3.8, 4) is 5.75 Å². The van der Waals surface area contributed by atoms with Crippen LogP contribution in [0.5, 0.6) is 5.75 Å². The molecular formula is C57H80N10O11. The number of carbonyl (C=O) groups is 7. The van der Waals surface area contributed by atoms with Gasteiger partial charge in [0, 0.05) is 68.8 Å². The smallest absolute Gasteiger partial charge is 0.251 e. The van der Waals surface area contributed by atoms with Gasteiger partial charge in [-0.1, -0.05) is 63.3 Å². The van der Waals surface area contributed by atoms with Crippen LogP contribution in [0.1, 0.15) is 119 Å². The SMILES string of the molecule is CCCCCCCCOc1ccc(N2CCN(c3ccc(C(=O)N[C@H]4CCCNC(=O)C5C[C@H](N)CN5C(=O)C(C(C)O)NC(=O)C(c5ccc(CO)cc5)NC(=O)C5CCCN5C(=O)C(C(C)O)NC4=O)cc3)CC2)cc1. The summed E-state index contributed by atoms with van der Waals surface area (Å²) in [7, 11) is 0. The summed E-state index contributed by atoms with van der Waals surface area (Å²) in [5.41, 5.74) is 9.37. The predicted molar refractivity (Wildman–Crippen MR) is 293 cm³/mol. The number of rotatable bonds is 16. The highest BCUT2D eigenvalue weighted by Gasteiger charge is 2.44. The van der Waals surface area contributed by atoms with Gasteiger partial charge in [-0.3, -0.25) is 33.6 Å². The van der Waals surface area contributed by atoms with Gasteiger partial charge < -0.3 is 72.0 Å². The monoisotopic (exact) mass is 1080 g/mol. The number of aliphatic hydroxyl groups excluding tert-OH is 3. The number of amides is 7. The van der Waals surface area contributed by atoms with Gasteiger partial charge in [0.25, 0.3) is 5.91 Å². The number of anilines is 2. The molecule has 0 aliphatic carbocycles. The Kier molecular flexibility index (Phi) is 21.3. The summed E-state index contributed by atoms with van der Waals surface area (Å²) in [6, 6.07) is 12.6. The molecule has 10 N–H and O–H groups in total. The van der Waals surface area contributed by atoms with Crippen LogP contribution < -0.4 is 46.9 Å². The van der Waals surface area contributed by atoms with Crippen LogP contribution in [0.2, 0.25) is 0 Å². The quantitative estimate of drug-likeness (QED) is 0.0925. The molecule has 424 valence electrons. The second kappa shape index (κ2) is 28.2. The molecule has 4 aliphatic rings. The van der Waals surface area contributed by atoms with E-state index in [1.54, 1.807) is 24.3 Å². The van der Waals surface area contributed by atoms with Crippen molar-refractivity contribution >= 4 is 52.7 Å². The summed E-state index contributed by atoms with van der Waals surface area (Å²) >= 11 is 0. The predicted octanol–water partition coefficient (Wildman–Crippen LogP) is 1.76. The fraction of sp³-hybridized carbons (Fsp3) is 0.561. The molecule has 4 heterocycles. The zero-order valence-electron chi connectivity index (χ0n) is 45.2. The Labute approximate surface area is 457 Å². The number of nitrogens with zero attached hydrogens (tertiary/aromatic N) is 4. The summed E-state index contributed by atoms with van der Waals surface area (Å²) in [6.07, 6.45) is 5.04. The van der Waals surface area contributed by atoms with Gasteiger partial charge in [-0.2, -0.15) is 0 Å². The Balaban J connectivity index is 1.05. The van der Waals surface area contributed by atoms with Crippen LogP contribution in [0.3, 0.4) is 0 Å². The Hall–Kier alpha value is -6.81. The van der Waals surface area contributed by atoms with Gasteiger partial charge in [-0.05, 0) is 112 Å². The lowest BCUT2D eigenvalue weighted by Crippen LogP contribution is -2.60. The molecule has 78 heavy (non-hydrogen) atoms. The number of unbranched alkanes of at least 4 members (excludes halogenated alkanes) is 5. The summed E-state index contributed by atoms with van der Waals surface area (Å²) in [5.74, 6) is -4.28. The van der Waals surface area contributed by atoms with Crippen molar-refractivity contribution in [1.29, 1.82) is 0 Å². The largest absolute Gasteiger partial charge is 0.494 e. The van der Waals surface area contributed by atoms with E-state index in [-0.39, 0.29) is 63.1 Å². The first-order chi connectivity index (χ1) is 37.6. The molecule has 7 amide bonds.